The zero-order chi connectivity index (χ0) is 18.6. The topological polar surface area (TPSA) is 93.1 Å². The molecule has 0 saturated carbocycles. The van der Waals surface area contributed by atoms with Crippen LogP contribution in [0.3, 0.4) is 0 Å². The third-order valence-electron chi connectivity index (χ3n) is 4.13. The number of benzene rings is 2. The lowest BCUT2D eigenvalue weighted by molar-refractivity contribution is -0.158. The summed E-state index contributed by atoms with van der Waals surface area (Å²) in [6.07, 6.45) is 4.88. The second-order valence-electron chi connectivity index (χ2n) is 6.04. The highest BCUT2D eigenvalue weighted by atomic mass is 16.6. The molecule has 0 amide bonds. The molecule has 0 fully saturated rings. The highest BCUT2D eigenvalue weighted by Gasteiger charge is 2.48. The highest BCUT2D eigenvalue weighted by molar-refractivity contribution is 6.04. The molecule has 26 heavy (non-hydrogen) atoms. The van der Waals surface area contributed by atoms with Crippen LogP contribution in [0.1, 0.15) is 19.3 Å². The van der Waals surface area contributed by atoms with Gasteiger partial charge in [-0.05, 0) is 43.5 Å². The average molecular weight is 354 g/mol. The van der Waals surface area contributed by atoms with E-state index in [9.17, 15) is 19.8 Å². The van der Waals surface area contributed by atoms with Crippen molar-refractivity contribution >= 4 is 11.9 Å². The van der Waals surface area contributed by atoms with Gasteiger partial charge in [-0.25, -0.2) is 0 Å². The number of phenolic OH excluding ortho intramolecular Hbond substituents is 2. The lowest BCUT2D eigenvalue weighted by atomic mass is 9.79. The second kappa shape index (κ2) is 7.31. The molecule has 0 atom stereocenters. The fourth-order valence-corrected chi connectivity index (χ4v) is 2.78. The third kappa shape index (κ3) is 3.69. The minimum absolute atomic E-state index is 0.0501. The van der Waals surface area contributed by atoms with Crippen LogP contribution in [0.2, 0.25) is 0 Å². The molecular formula is C20H18O6. The van der Waals surface area contributed by atoms with Gasteiger partial charge >= 0.3 is 11.9 Å². The Morgan fingerprint density at radius 3 is 1.85 bits per heavy atom. The average Bonchev–Trinajstić information content (AvgIpc) is 2.62. The molecule has 6 nitrogen and oxygen atoms in total. The summed E-state index contributed by atoms with van der Waals surface area (Å²) in [5, 5.41) is 19.0. The monoisotopic (exact) mass is 354 g/mol. The number of ether oxygens (including phenoxy) is 2. The maximum Gasteiger partial charge on any atom is 0.332 e. The number of hydrogen-bond acceptors (Lipinski definition) is 6. The quantitative estimate of drug-likeness (QED) is 0.379. The van der Waals surface area contributed by atoms with Gasteiger partial charge in [0, 0.05) is 12.1 Å². The van der Waals surface area contributed by atoms with Crippen molar-refractivity contribution in [2.45, 2.75) is 19.3 Å². The van der Waals surface area contributed by atoms with E-state index in [1.54, 1.807) is 6.08 Å². The summed E-state index contributed by atoms with van der Waals surface area (Å²) in [6, 6.07) is 11.6. The van der Waals surface area contributed by atoms with Gasteiger partial charge < -0.3 is 19.7 Å². The van der Waals surface area contributed by atoms with Crippen molar-refractivity contribution in [1.82, 2.24) is 0 Å². The van der Waals surface area contributed by atoms with Crippen LogP contribution in [0, 0.1) is 5.41 Å². The Balaban J connectivity index is 1.86. The van der Waals surface area contributed by atoms with E-state index in [4.69, 9.17) is 9.47 Å². The van der Waals surface area contributed by atoms with Crippen molar-refractivity contribution in [2.24, 2.45) is 5.41 Å². The van der Waals surface area contributed by atoms with Gasteiger partial charge in [0.25, 0.3) is 0 Å². The Kier molecular flexibility index (Phi) is 4.93. The van der Waals surface area contributed by atoms with Crippen LogP contribution in [0.15, 0.2) is 60.7 Å². The molecule has 0 unspecified atom stereocenters. The molecule has 0 saturated heterocycles. The lowest BCUT2D eigenvalue weighted by Gasteiger charge is -2.28. The second-order valence-corrected chi connectivity index (χ2v) is 6.04. The van der Waals surface area contributed by atoms with E-state index in [2.05, 4.69) is 0 Å². The summed E-state index contributed by atoms with van der Waals surface area (Å²) in [5.74, 6) is -1.37. The van der Waals surface area contributed by atoms with Crippen molar-refractivity contribution in [3.8, 4) is 23.0 Å². The highest BCUT2D eigenvalue weighted by Crippen LogP contribution is 2.35. The van der Waals surface area contributed by atoms with Gasteiger partial charge in [0.05, 0.1) is 0 Å². The van der Waals surface area contributed by atoms with Gasteiger partial charge in [-0.2, -0.15) is 0 Å². The molecule has 3 rings (SSSR count). The van der Waals surface area contributed by atoms with Crippen LogP contribution in [0.5, 0.6) is 23.0 Å². The summed E-state index contributed by atoms with van der Waals surface area (Å²) in [6.45, 7) is 0. The van der Waals surface area contributed by atoms with Gasteiger partial charge in [0.1, 0.15) is 23.0 Å². The van der Waals surface area contributed by atoms with Crippen LogP contribution < -0.4 is 9.47 Å². The van der Waals surface area contributed by atoms with E-state index in [0.29, 0.717) is 6.42 Å². The molecule has 2 aromatic rings. The number of hydrogen-bond donors (Lipinski definition) is 2. The molecule has 2 aromatic carbocycles. The van der Waals surface area contributed by atoms with Crippen molar-refractivity contribution < 1.29 is 29.3 Å². The number of aromatic hydroxyl groups is 2. The van der Waals surface area contributed by atoms with Crippen LogP contribution >= 0.6 is 0 Å². The molecule has 1 aliphatic rings. The number of allylic oxidation sites excluding steroid dienone is 1. The molecular weight excluding hydrogens is 336 g/mol. The smallest absolute Gasteiger partial charge is 0.332 e. The maximum absolute atomic E-state index is 12.8. The predicted molar refractivity (Wildman–Crippen MR) is 92.9 cm³/mol. The van der Waals surface area contributed by atoms with Gasteiger partial charge in [-0.1, -0.05) is 24.3 Å². The maximum atomic E-state index is 12.8. The van der Waals surface area contributed by atoms with Crippen LogP contribution in [-0.2, 0) is 9.59 Å². The third-order valence-corrected chi connectivity index (χ3v) is 4.13. The van der Waals surface area contributed by atoms with Gasteiger partial charge in [0.15, 0.2) is 5.41 Å². The summed E-state index contributed by atoms with van der Waals surface area (Å²) < 4.78 is 10.6. The van der Waals surface area contributed by atoms with E-state index in [1.165, 1.54) is 54.6 Å². The number of esters is 2. The van der Waals surface area contributed by atoms with E-state index < -0.39 is 17.4 Å². The largest absolute Gasteiger partial charge is 0.508 e. The summed E-state index contributed by atoms with van der Waals surface area (Å²) in [5.41, 5.74) is -1.57. The van der Waals surface area contributed by atoms with Crippen molar-refractivity contribution in [2.75, 3.05) is 0 Å². The molecule has 1 aliphatic carbocycles. The summed E-state index contributed by atoms with van der Waals surface area (Å²) >= 11 is 0. The van der Waals surface area contributed by atoms with Crippen molar-refractivity contribution in [1.29, 1.82) is 0 Å². The molecule has 6 heteroatoms. The van der Waals surface area contributed by atoms with Crippen molar-refractivity contribution in [3.05, 3.63) is 60.7 Å². The standard InChI is InChI=1S/C20H18O6/c21-14-6-4-8-16(12-14)25-18(23)20(10-2-1-3-11-20)19(24)26-17-9-5-7-15(22)13-17/h2,4-10,12-13,21-22H,1,3,11H2. The number of carbonyl (C=O) groups excluding carboxylic acids is 2. The van der Waals surface area contributed by atoms with E-state index >= 15 is 0 Å². The molecule has 0 aromatic heterocycles. The first-order valence-electron chi connectivity index (χ1n) is 8.20. The zero-order valence-electron chi connectivity index (χ0n) is 13.9. The summed E-state index contributed by atoms with van der Waals surface area (Å²) in [7, 11) is 0. The molecule has 0 bridgehead atoms. The normalized spacial score (nSPS) is 15.2. The zero-order valence-corrected chi connectivity index (χ0v) is 13.9. The van der Waals surface area contributed by atoms with E-state index in [1.807, 2.05) is 0 Å². The van der Waals surface area contributed by atoms with Crippen LogP contribution in [-0.4, -0.2) is 22.2 Å². The number of rotatable bonds is 4. The Bertz CT molecular complexity index is 795. The Morgan fingerprint density at radius 2 is 1.42 bits per heavy atom. The van der Waals surface area contributed by atoms with Crippen LogP contribution in [0.25, 0.3) is 0 Å². The predicted octanol–water partition coefficient (Wildman–Crippen LogP) is 3.34. The molecule has 0 aliphatic heterocycles. The molecule has 0 radical (unpaired) electrons. The molecule has 2 N–H and O–H groups in total. The first-order chi connectivity index (χ1) is 12.5. The Hall–Kier alpha value is -3.28. The van der Waals surface area contributed by atoms with Gasteiger partial charge in [-0.15, -0.1) is 0 Å². The number of carbonyl (C=O) groups is 2. The number of phenols is 2. The fraction of sp³-hybridized carbons (Fsp3) is 0.200. The lowest BCUT2D eigenvalue weighted by Crippen LogP contribution is -2.44. The first-order valence-corrected chi connectivity index (χ1v) is 8.20. The SMILES string of the molecule is O=C(Oc1cccc(O)c1)C1(C(=O)Oc2cccc(O)c2)C=CCCC1. The molecule has 0 heterocycles. The minimum Gasteiger partial charge on any atom is -0.508 e. The van der Waals surface area contributed by atoms with Gasteiger partial charge in [0.2, 0.25) is 0 Å². The summed E-state index contributed by atoms with van der Waals surface area (Å²) in [4.78, 5) is 25.6. The van der Waals surface area contributed by atoms with Gasteiger partial charge in [-0.3, -0.25) is 9.59 Å². The Labute approximate surface area is 150 Å². The van der Waals surface area contributed by atoms with Crippen molar-refractivity contribution in [3.63, 3.8) is 0 Å². The molecule has 134 valence electrons. The van der Waals surface area contributed by atoms with E-state index in [-0.39, 0.29) is 29.4 Å². The molecule has 0 spiro atoms. The minimum atomic E-state index is -1.57. The Morgan fingerprint density at radius 1 is 0.885 bits per heavy atom. The van der Waals surface area contributed by atoms with Crippen LogP contribution in [0.4, 0.5) is 0 Å². The van der Waals surface area contributed by atoms with E-state index in [0.717, 1.165) is 6.42 Å². The first kappa shape index (κ1) is 17.5. The fourth-order valence-electron chi connectivity index (χ4n) is 2.78.